The van der Waals surface area contributed by atoms with E-state index < -0.39 is 6.10 Å². The van der Waals surface area contributed by atoms with Crippen LogP contribution in [0.25, 0.3) is 0 Å². The van der Waals surface area contributed by atoms with Gasteiger partial charge in [0.05, 0.1) is 5.02 Å². The van der Waals surface area contributed by atoms with Gasteiger partial charge < -0.3 is 19.5 Å². The third kappa shape index (κ3) is 5.24. The summed E-state index contributed by atoms with van der Waals surface area (Å²) >= 11 is 12.0. The van der Waals surface area contributed by atoms with Gasteiger partial charge in [-0.3, -0.25) is 9.69 Å². The molecule has 0 unspecified atom stereocenters. The molecular weight excluding hydrogens is 379 g/mol. The van der Waals surface area contributed by atoms with Crippen LogP contribution in [0.3, 0.4) is 0 Å². The van der Waals surface area contributed by atoms with E-state index in [4.69, 9.17) is 32.7 Å². The molecule has 2 aliphatic rings. The SMILES string of the molecule is O=C([C@@H]1CCCO1)N1CCN(C[C@@H](O)COc2cc(Cl)ccc2Cl)CC1. The number of ether oxygens (including phenoxy) is 2. The van der Waals surface area contributed by atoms with Gasteiger partial charge in [0.1, 0.15) is 24.6 Å². The molecule has 144 valence electrons. The monoisotopic (exact) mass is 402 g/mol. The number of hydrogen-bond acceptors (Lipinski definition) is 5. The van der Waals surface area contributed by atoms with Crippen molar-refractivity contribution >= 4 is 29.1 Å². The van der Waals surface area contributed by atoms with Crippen LogP contribution in [0.1, 0.15) is 12.8 Å². The second-order valence-electron chi connectivity index (χ2n) is 6.67. The van der Waals surface area contributed by atoms with Crippen molar-refractivity contribution in [1.29, 1.82) is 0 Å². The van der Waals surface area contributed by atoms with E-state index in [1.165, 1.54) is 0 Å². The van der Waals surface area contributed by atoms with E-state index in [1.54, 1.807) is 18.2 Å². The van der Waals surface area contributed by atoms with Crippen molar-refractivity contribution in [2.75, 3.05) is 45.9 Å². The quantitative estimate of drug-likeness (QED) is 0.788. The topological polar surface area (TPSA) is 62.2 Å². The zero-order chi connectivity index (χ0) is 18.5. The number of hydrogen-bond donors (Lipinski definition) is 1. The lowest BCUT2D eigenvalue weighted by molar-refractivity contribution is -0.142. The summed E-state index contributed by atoms with van der Waals surface area (Å²) < 4.78 is 11.0. The normalized spacial score (nSPS) is 22.4. The number of benzene rings is 1. The number of nitrogens with zero attached hydrogens (tertiary/aromatic N) is 2. The first kappa shape index (κ1) is 19.7. The highest BCUT2D eigenvalue weighted by Gasteiger charge is 2.30. The Morgan fingerprint density at radius 2 is 2.08 bits per heavy atom. The fraction of sp³-hybridized carbons (Fsp3) is 0.611. The van der Waals surface area contributed by atoms with Crippen LogP contribution in [-0.4, -0.2) is 79.0 Å². The van der Waals surface area contributed by atoms with Gasteiger partial charge in [-0.15, -0.1) is 0 Å². The molecule has 1 N–H and O–H groups in total. The Kier molecular flexibility index (Phi) is 7.00. The first-order valence-electron chi connectivity index (χ1n) is 8.91. The molecule has 1 aromatic rings. The minimum absolute atomic E-state index is 0.0987. The maximum atomic E-state index is 12.3. The third-order valence-corrected chi connectivity index (χ3v) is 5.23. The summed E-state index contributed by atoms with van der Waals surface area (Å²) in [4.78, 5) is 16.3. The summed E-state index contributed by atoms with van der Waals surface area (Å²) in [5.74, 6) is 0.562. The lowest BCUT2D eigenvalue weighted by atomic mass is 10.2. The van der Waals surface area contributed by atoms with Gasteiger partial charge in [0.2, 0.25) is 0 Å². The van der Waals surface area contributed by atoms with Crippen molar-refractivity contribution < 1.29 is 19.4 Å². The molecule has 1 amide bonds. The van der Waals surface area contributed by atoms with Crippen LogP contribution in [0.5, 0.6) is 5.75 Å². The number of β-amino-alcohol motifs (C(OH)–C–C–N with tert-alkyl or cyclic N) is 1. The zero-order valence-corrected chi connectivity index (χ0v) is 16.1. The highest BCUT2D eigenvalue weighted by Crippen LogP contribution is 2.27. The van der Waals surface area contributed by atoms with E-state index in [0.29, 0.717) is 42.0 Å². The average Bonchev–Trinajstić information content (AvgIpc) is 3.17. The standard InChI is InChI=1S/C18H24Cl2N2O4/c19-13-3-4-15(20)17(10-13)26-12-14(23)11-21-5-7-22(8-6-21)18(24)16-2-1-9-25-16/h3-4,10,14,16,23H,1-2,5-9,11-12H2/t14-,16+/m1/s1. The number of amides is 1. The van der Waals surface area contributed by atoms with Gasteiger partial charge in [-0.05, 0) is 25.0 Å². The van der Waals surface area contributed by atoms with E-state index >= 15 is 0 Å². The molecule has 1 aromatic carbocycles. The molecule has 2 atom stereocenters. The number of carbonyl (C=O) groups excluding carboxylic acids is 1. The van der Waals surface area contributed by atoms with Crippen molar-refractivity contribution in [3.05, 3.63) is 28.2 Å². The van der Waals surface area contributed by atoms with Crippen LogP contribution < -0.4 is 4.74 Å². The number of carbonyl (C=O) groups is 1. The molecule has 8 heteroatoms. The fourth-order valence-electron chi connectivity index (χ4n) is 3.25. The maximum Gasteiger partial charge on any atom is 0.251 e. The Balaban J connectivity index is 1.39. The molecule has 0 radical (unpaired) electrons. The number of aliphatic hydroxyl groups is 1. The van der Waals surface area contributed by atoms with Gasteiger partial charge in [0.15, 0.2) is 0 Å². The summed E-state index contributed by atoms with van der Waals surface area (Å²) in [6.07, 6.45) is 0.869. The van der Waals surface area contributed by atoms with E-state index in [-0.39, 0.29) is 18.6 Å². The summed E-state index contributed by atoms with van der Waals surface area (Å²) in [6, 6.07) is 4.98. The highest BCUT2D eigenvalue weighted by atomic mass is 35.5. The molecule has 0 aliphatic carbocycles. The second-order valence-corrected chi connectivity index (χ2v) is 7.51. The van der Waals surface area contributed by atoms with Gasteiger partial charge >= 0.3 is 0 Å². The fourth-order valence-corrected chi connectivity index (χ4v) is 3.59. The van der Waals surface area contributed by atoms with Crippen molar-refractivity contribution in [2.45, 2.75) is 25.0 Å². The smallest absolute Gasteiger partial charge is 0.251 e. The Hall–Kier alpha value is -1.05. The Bertz CT molecular complexity index is 617. The number of rotatable bonds is 6. The highest BCUT2D eigenvalue weighted by molar-refractivity contribution is 6.34. The van der Waals surface area contributed by atoms with Crippen LogP contribution >= 0.6 is 23.2 Å². The van der Waals surface area contributed by atoms with Crippen LogP contribution in [0, 0.1) is 0 Å². The summed E-state index contributed by atoms with van der Waals surface area (Å²) in [7, 11) is 0. The maximum absolute atomic E-state index is 12.3. The number of aliphatic hydroxyl groups excluding tert-OH is 1. The summed E-state index contributed by atoms with van der Waals surface area (Å²) in [6.45, 7) is 4.08. The summed E-state index contributed by atoms with van der Waals surface area (Å²) in [5.41, 5.74) is 0. The molecule has 0 saturated carbocycles. The van der Waals surface area contributed by atoms with Crippen molar-refractivity contribution in [3.63, 3.8) is 0 Å². The van der Waals surface area contributed by atoms with E-state index in [1.807, 2.05) is 4.90 Å². The lowest BCUT2D eigenvalue weighted by Crippen LogP contribution is -2.53. The average molecular weight is 403 g/mol. The van der Waals surface area contributed by atoms with Crippen molar-refractivity contribution in [3.8, 4) is 5.75 Å². The van der Waals surface area contributed by atoms with Crippen LogP contribution in [0.15, 0.2) is 18.2 Å². The van der Waals surface area contributed by atoms with Gasteiger partial charge in [-0.25, -0.2) is 0 Å². The molecule has 2 heterocycles. The second kappa shape index (κ2) is 9.24. The molecule has 6 nitrogen and oxygen atoms in total. The molecule has 0 spiro atoms. The van der Waals surface area contributed by atoms with Crippen LogP contribution in [-0.2, 0) is 9.53 Å². The molecule has 2 fully saturated rings. The molecule has 2 aliphatic heterocycles. The molecule has 26 heavy (non-hydrogen) atoms. The molecule has 0 bridgehead atoms. The van der Waals surface area contributed by atoms with Crippen molar-refractivity contribution in [2.24, 2.45) is 0 Å². The Morgan fingerprint density at radius 3 is 2.77 bits per heavy atom. The largest absolute Gasteiger partial charge is 0.489 e. The first-order valence-corrected chi connectivity index (χ1v) is 9.67. The van der Waals surface area contributed by atoms with Gasteiger partial charge in [0.25, 0.3) is 5.91 Å². The third-order valence-electron chi connectivity index (χ3n) is 4.68. The zero-order valence-electron chi connectivity index (χ0n) is 14.6. The van der Waals surface area contributed by atoms with Gasteiger partial charge in [-0.1, -0.05) is 23.2 Å². The minimum atomic E-state index is -0.648. The van der Waals surface area contributed by atoms with Crippen LogP contribution in [0.2, 0.25) is 10.0 Å². The van der Waals surface area contributed by atoms with Crippen molar-refractivity contribution in [1.82, 2.24) is 9.80 Å². The predicted molar refractivity (Wildman–Crippen MR) is 100.0 cm³/mol. The van der Waals surface area contributed by atoms with E-state index in [9.17, 15) is 9.90 Å². The van der Waals surface area contributed by atoms with Gasteiger partial charge in [-0.2, -0.15) is 0 Å². The Labute approximate surface area is 163 Å². The molecule has 3 rings (SSSR count). The lowest BCUT2D eigenvalue weighted by Gasteiger charge is -2.36. The van der Waals surface area contributed by atoms with E-state index in [0.717, 1.165) is 25.9 Å². The number of halogens is 2. The van der Waals surface area contributed by atoms with Crippen LogP contribution in [0.4, 0.5) is 0 Å². The molecular formula is C18H24Cl2N2O4. The molecule has 0 aromatic heterocycles. The minimum Gasteiger partial charge on any atom is -0.489 e. The number of piperazine rings is 1. The predicted octanol–water partition coefficient (Wildman–Crippen LogP) is 2.06. The van der Waals surface area contributed by atoms with Gasteiger partial charge in [0, 0.05) is 50.4 Å². The molecule has 2 saturated heterocycles. The summed E-state index contributed by atoms with van der Waals surface area (Å²) in [5, 5.41) is 11.2. The van der Waals surface area contributed by atoms with E-state index in [2.05, 4.69) is 4.90 Å². The Morgan fingerprint density at radius 1 is 1.31 bits per heavy atom. The first-order chi connectivity index (χ1) is 12.5.